The second-order valence-corrected chi connectivity index (χ2v) is 32.4. The van der Waals surface area contributed by atoms with Crippen molar-refractivity contribution in [1.82, 2.24) is 30.5 Å². The van der Waals surface area contributed by atoms with Crippen molar-refractivity contribution < 1.29 is 87.9 Å². The van der Waals surface area contributed by atoms with Crippen LogP contribution in [0.4, 0.5) is 45.1 Å². The van der Waals surface area contributed by atoms with Crippen LogP contribution >= 0.6 is 0 Å². The summed E-state index contributed by atoms with van der Waals surface area (Å²) >= 11 is 0. The maximum atomic E-state index is 13.6. The van der Waals surface area contributed by atoms with Crippen molar-refractivity contribution in [1.29, 1.82) is 0 Å². The molecule has 9 fully saturated rings. The number of amides is 3. The first-order chi connectivity index (χ1) is 55.1. The molecular formula is C90H101F7N6O12. The lowest BCUT2D eigenvalue weighted by Gasteiger charge is -2.48. The number of esters is 3. The van der Waals surface area contributed by atoms with Crippen LogP contribution in [0.2, 0.25) is 0 Å². The SMILES string of the molecule is CCOC(=O)N(C)[C@@H]1CC[C@@H]2[C@@H](C1)C[C@H]1C(=O)O[C@H](C)[C@H]1[C@H]2/C=C/c1ccc(-c2cccc(C(F)(F)F)c2)cn1.CCOC(=O)N[C@@H]1CC[C@@H]2[C@@H](C1)C[C@H]1C(=O)O[C@H](C)[C@H]1[C@H]2/C=C/c1ccc(-c2cccc(C(F)(F)F)c2)cn1.CCOC(=O)N[C@@H]1CC[C@@H]2[C@@H](C1)C[C@H]1C(=O)O[C@H](C)[C@H]1[C@H]2/C=C/c1ccc(-c2cccc(F)c2)cn1. The summed E-state index contributed by atoms with van der Waals surface area (Å²) in [6, 6.07) is 28.1. The molecule has 0 unspecified atom stereocenters. The highest BCUT2D eigenvalue weighted by Gasteiger charge is 2.58. The monoisotopic (exact) mass is 1590 g/mol. The summed E-state index contributed by atoms with van der Waals surface area (Å²) in [4.78, 5) is 89.7. The molecule has 3 aliphatic heterocycles. The summed E-state index contributed by atoms with van der Waals surface area (Å²) in [5.41, 5.74) is 4.60. The summed E-state index contributed by atoms with van der Waals surface area (Å²) in [5, 5.41) is 5.97. The summed E-state index contributed by atoms with van der Waals surface area (Å²) in [7, 11) is 1.78. The fraction of sp³-hybridized carbons (Fsp3) is 0.500. The number of alkyl carbamates (subject to hydrolysis) is 2. The first kappa shape index (κ1) is 83.0. The number of rotatable bonds is 15. The molecule has 3 saturated heterocycles. The van der Waals surface area contributed by atoms with Crippen molar-refractivity contribution in [2.45, 2.75) is 167 Å². The zero-order valence-electron chi connectivity index (χ0n) is 65.7. The maximum absolute atomic E-state index is 13.6. The topological polar surface area (TPSA) is 224 Å². The van der Waals surface area contributed by atoms with Crippen molar-refractivity contribution in [2.75, 3.05) is 26.9 Å². The number of ether oxygens (including phenoxy) is 6. The Bertz CT molecular complexity index is 4520. The van der Waals surface area contributed by atoms with Crippen LogP contribution in [0.25, 0.3) is 51.6 Å². The highest BCUT2D eigenvalue weighted by molar-refractivity contribution is 5.78. The normalized spacial score (nSPS) is 30.6. The van der Waals surface area contributed by atoms with Gasteiger partial charge in [-0.15, -0.1) is 0 Å². The number of alkyl halides is 6. The van der Waals surface area contributed by atoms with E-state index in [1.165, 1.54) is 24.3 Å². The smallest absolute Gasteiger partial charge is 0.416 e. The van der Waals surface area contributed by atoms with E-state index in [0.717, 1.165) is 118 Å². The fourth-order valence-corrected chi connectivity index (χ4v) is 20.6. The first-order valence-corrected chi connectivity index (χ1v) is 40.5. The Labute approximate surface area is 666 Å². The molecule has 6 aliphatic carbocycles. The van der Waals surface area contributed by atoms with Crippen LogP contribution in [0.3, 0.4) is 0 Å². The zero-order valence-corrected chi connectivity index (χ0v) is 65.7. The van der Waals surface area contributed by atoms with Crippen LogP contribution in [-0.4, -0.2) is 119 Å². The fourth-order valence-electron chi connectivity index (χ4n) is 20.6. The van der Waals surface area contributed by atoms with E-state index in [-0.39, 0.29) is 137 Å². The van der Waals surface area contributed by atoms with Gasteiger partial charge in [0, 0.05) is 78.2 Å². The molecule has 15 rings (SSSR count). The van der Waals surface area contributed by atoms with Gasteiger partial charge in [0.15, 0.2) is 0 Å². The van der Waals surface area contributed by atoms with Crippen molar-refractivity contribution >= 4 is 54.4 Å². The van der Waals surface area contributed by atoms with Gasteiger partial charge in [0.25, 0.3) is 0 Å². The molecule has 6 aromatic rings. The van der Waals surface area contributed by atoms with Gasteiger partial charge < -0.3 is 44.0 Å². The predicted molar refractivity (Wildman–Crippen MR) is 417 cm³/mol. The lowest BCUT2D eigenvalue weighted by molar-refractivity contribution is -0.145. The van der Waals surface area contributed by atoms with Crippen LogP contribution in [0.1, 0.15) is 147 Å². The van der Waals surface area contributed by atoms with Gasteiger partial charge in [0.2, 0.25) is 0 Å². The summed E-state index contributed by atoms with van der Waals surface area (Å²) in [6.07, 6.45) is 17.2. The third-order valence-electron chi connectivity index (χ3n) is 25.7. The number of nitrogens with zero attached hydrogens (tertiary/aromatic N) is 4. The van der Waals surface area contributed by atoms with Gasteiger partial charge in [0.05, 0.1) is 65.8 Å². The Balaban J connectivity index is 0.000000150. The Morgan fingerprint density at radius 3 is 1.17 bits per heavy atom. The highest BCUT2D eigenvalue weighted by Crippen LogP contribution is 2.57. The minimum Gasteiger partial charge on any atom is -0.462 e. The minimum atomic E-state index is -4.41. The number of hydrogen-bond acceptors (Lipinski definition) is 15. The molecular weight excluding hydrogens is 1490 g/mol. The van der Waals surface area contributed by atoms with Gasteiger partial charge in [-0.3, -0.25) is 29.3 Å². The molecule has 6 heterocycles. The largest absolute Gasteiger partial charge is 0.462 e. The number of carbonyl (C=O) groups excluding carboxylic acids is 6. The van der Waals surface area contributed by atoms with E-state index in [2.05, 4.69) is 43.8 Å². The van der Waals surface area contributed by atoms with Crippen LogP contribution in [-0.2, 0) is 55.2 Å². The average Bonchev–Trinajstić information content (AvgIpc) is 1.65. The van der Waals surface area contributed by atoms with E-state index in [1.807, 2.05) is 57.2 Å². The number of carbonyl (C=O) groups is 6. The number of aromatic nitrogens is 3. The molecule has 25 heteroatoms. The van der Waals surface area contributed by atoms with E-state index in [0.29, 0.717) is 77.1 Å². The number of nitrogens with one attached hydrogen (secondary N) is 2. The molecule has 3 aromatic heterocycles. The number of allylic oxidation sites excluding steroid dienone is 3. The van der Waals surface area contributed by atoms with Gasteiger partial charge in [-0.25, -0.2) is 18.8 Å². The second-order valence-electron chi connectivity index (χ2n) is 32.4. The second kappa shape index (κ2) is 36.1. The van der Waals surface area contributed by atoms with E-state index >= 15 is 0 Å². The number of halogens is 7. The summed E-state index contributed by atoms with van der Waals surface area (Å²) in [5.74, 6) is 1.64. The Hall–Kier alpha value is -9.94. The molecule has 3 amide bonds. The number of hydrogen-bond donors (Lipinski definition) is 2. The average molecular weight is 1590 g/mol. The Kier molecular flexibility index (Phi) is 26.0. The molecule has 0 spiro atoms. The lowest BCUT2D eigenvalue weighted by atomic mass is 9.56. The quantitative estimate of drug-likeness (QED) is 0.0554. The molecule has 21 atom stereocenters. The minimum absolute atomic E-state index is 0.0198. The molecule has 3 aromatic carbocycles. The van der Waals surface area contributed by atoms with Gasteiger partial charge in [-0.05, 0) is 261 Å². The zero-order chi connectivity index (χ0) is 81.6. The van der Waals surface area contributed by atoms with Crippen molar-refractivity contribution in [3.8, 4) is 33.4 Å². The van der Waals surface area contributed by atoms with Crippen molar-refractivity contribution in [3.05, 3.63) is 180 Å². The van der Waals surface area contributed by atoms with E-state index in [9.17, 15) is 59.5 Å². The van der Waals surface area contributed by atoms with Gasteiger partial charge in [-0.1, -0.05) is 72.8 Å². The molecule has 0 radical (unpaired) electrons. The number of pyridine rings is 3. The van der Waals surface area contributed by atoms with Crippen LogP contribution in [0, 0.1) is 94.6 Å². The van der Waals surface area contributed by atoms with Crippen molar-refractivity contribution in [2.24, 2.45) is 88.8 Å². The number of cyclic esters (lactones) is 3. The molecule has 0 bridgehead atoms. The Morgan fingerprint density at radius 2 is 0.817 bits per heavy atom. The third kappa shape index (κ3) is 19.3. The summed E-state index contributed by atoms with van der Waals surface area (Å²) in [6.45, 7) is 12.3. The predicted octanol–water partition coefficient (Wildman–Crippen LogP) is 19.0. The van der Waals surface area contributed by atoms with Crippen molar-refractivity contribution in [3.63, 3.8) is 0 Å². The standard InChI is InChI=1S/C31H35F3N2O4.C30H33F3N2O4.C29H33FN2O4/c1-4-39-30(38)36(3)24-11-13-25-21(15-24)16-27-28(18(2)40-29(27)37)26(25)12-10-23-9-8-20(17-35-23)19-6-5-7-22(14-19)31(32,33)34;1-3-38-29(37)35-23-10-11-24-20(14-23)15-26-27(17(2)39-28(26)36)25(24)12-9-22-8-7-19(16-34-22)18-5-4-6-21(13-18)30(31,32)33;1-3-35-29(34)32-23-10-11-24-20(14-23)15-26-27(17(2)36-28(26)33)25(24)12-9-22-8-7-19(16-31-22)18-5-4-6-21(30)13-18/h5-10,12,14,17-18,21,24-28H,4,11,13,15-16H2,1-3H3;4-9,12-13,16-17,20,23-27H,3,10-11,14-15H2,1-2H3,(H,35,37);4-9,12-13,16-17,20,23-27H,3,10-11,14-15H2,1-2H3,(H,32,34)/b12-10+;2*12-9+/t18-,21+,24-,25-,26+,27-,28+;2*17-,20+,23-,24-,25+,26-,27+/m111/s1. The third-order valence-corrected chi connectivity index (χ3v) is 25.7. The summed E-state index contributed by atoms with van der Waals surface area (Å²) < 4.78 is 125. The first-order valence-electron chi connectivity index (χ1n) is 40.5. The van der Waals surface area contributed by atoms with Crippen LogP contribution in [0.5, 0.6) is 0 Å². The number of fused-ring (bicyclic) bond motifs is 6. The van der Waals surface area contributed by atoms with Gasteiger partial charge in [-0.2, -0.15) is 26.3 Å². The molecule has 9 aliphatic rings. The highest BCUT2D eigenvalue weighted by atomic mass is 19.4. The molecule has 18 nitrogen and oxygen atoms in total. The van der Waals surface area contributed by atoms with Gasteiger partial charge in [0.1, 0.15) is 24.1 Å². The lowest BCUT2D eigenvalue weighted by Crippen LogP contribution is -2.48. The Morgan fingerprint density at radius 1 is 0.461 bits per heavy atom. The molecule has 115 heavy (non-hydrogen) atoms. The maximum Gasteiger partial charge on any atom is 0.416 e. The molecule has 6 saturated carbocycles. The van der Waals surface area contributed by atoms with E-state index < -0.39 is 29.6 Å². The number of benzene rings is 3. The van der Waals surface area contributed by atoms with E-state index in [4.69, 9.17) is 28.4 Å². The van der Waals surface area contributed by atoms with Gasteiger partial charge >= 0.3 is 48.5 Å². The van der Waals surface area contributed by atoms with Crippen LogP contribution in [0.15, 0.2) is 146 Å². The molecule has 2 N–H and O–H groups in total. The molecule has 612 valence electrons. The van der Waals surface area contributed by atoms with Crippen LogP contribution < -0.4 is 10.6 Å². The van der Waals surface area contributed by atoms with E-state index in [1.54, 1.807) is 93.8 Å².